The molecule has 64 heavy (non-hydrogen) atoms. The van der Waals surface area contributed by atoms with Gasteiger partial charge in [-0.15, -0.1) is 11.3 Å². The van der Waals surface area contributed by atoms with Gasteiger partial charge in [0.2, 0.25) is 0 Å². The maximum absolute atomic E-state index is 2.53. The van der Waals surface area contributed by atoms with E-state index in [0.717, 1.165) is 29.9 Å². The standard InChI is InChI=1S/C62H43NS/c1-2-17-39-62(57-28-14-13-27-56(57)61(38-16-1)53-24-10-6-20-47(53)48-21-7-11-25-54(48)61)55-26-12-8-22-49(55)50-36-34-45(40-58(50)62)63(44-32-30-43(31-33-44)42-18-4-3-5-19-42)46-35-37-52-51-23-9-15-29-59(51)64-60(52)41-46/h1-37,40-41H,38-39H2. The van der Waals surface area contributed by atoms with Crippen LogP contribution in [-0.2, 0) is 10.8 Å². The predicted molar refractivity (Wildman–Crippen MR) is 270 cm³/mol. The Balaban J connectivity index is 1.07. The van der Waals surface area contributed by atoms with Gasteiger partial charge in [0.25, 0.3) is 0 Å². The van der Waals surface area contributed by atoms with Gasteiger partial charge < -0.3 is 4.90 Å². The first-order valence-corrected chi connectivity index (χ1v) is 23.3. The molecule has 9 aromatic carbocycles. The average Bonchev–Trinajstić information content (AvgIpc) is 3.97. The summed E-state index contributed by atoms with van der Waals surface area (Å²) in [7, 11) is 0. The molecule has 1 heterocycles. The Morgan fingerprint density at radius 1 is 0.328 bits per heavy atom. The third kappa shape index (κ3) is 5.36. The Hall–Kier alpha value is -7.52. The Bertz CT molecular complexity index is 3470. The highest BCUT2D eigenvalue weighted by Gasteiger charge is 2.51. The van der Waals surface area contributed by atoms with Gasteiger partial charge in [0.15, 0.2) is 0 Å². The van der Waals surface area contributed by atoms with Crippen LogP contribution in [0.5, 0.6) is 0 Å². The molecular weight excluding hydrogens is 791 g/mol. The predicted octanol–water partition coefficient (Wildman–Crippen LogP) is 16.7. The quantitative estimate of drug-likeness (QED) is 0.171. The number of hydrogen-bond donors (Lipinski definition) is 0. The summed E-state index contributed by atoms with van der Waals surface area (Å²) in [4.78, 5) is 2.48. The summed E-state index contributed by atoms with van der Waals surface area (Å²) in [6.07, 6.45) is 11.1. The fraction of sp³-hybridized carbons (Fsp3) is 0.0645. The van der Waals surface area contributed by atoms with E-state index in [4.69, 9.17) is 0 Å². The molecule has 0 N–H and O–H groups in total. The molecule has 0 radical (unpaired) electrons. The number of anilines is 3. The van der Waals surface area contributed by atoms with E-state index in [2.05, 4.69) is 242 Å². The number of allylic oxidation sites excluding steroid dienone is 4. The number of rotatable bonds is 4. The van der Waals surface area contributed by atoms with Crippen LogP contribution in [0, 0.1) is 0 Å². The van der Waals surface area contributed by atoms with Crippen molar-refractivity contribution >= 4 is 48.6 Å². The molecule has 3 aliphatic rings. The number of hydrogen-bond acceptors (Lipinski definition) is 2. The molecule has 2 spiro atoms. The van der Waals surface area contributed by atoms with Crippen LogP contribution in [-0.4, -0.2) is 0 Å². The van der Waals surface area contributed by atoms with Crippen molar-refractivity contribution in [3.05, 3.63) is 270 Å². The lowest BCUT2D eigenvalue weighted by Gasteiger charge is -2.41. The van der Waals surface area contributed by atoms with Crippen molar-refractivity contribution in [2.75, 3.05) is 4.90 Å². The minimum atomic E-state index is -0.474. The Morgan fingerprint density at radius 2 is 0.781 bits per heavy atom. The normalized spacial score (nSPS) is 16.4. The van der Waals surface area contributed by atoms with Gasteiger partial charge in [0.1, 0.15) is 0 Å². The van der Waals surface area contributed by atoms with Crippen LogP contribution in [0.25, 0.3) is 53.6 Å². The van der Waals surface area contributed by atoms with Crippen molar-refractivity contribution in [3.8, 4) is 33.4 Å². The second-order valence-electron chi connectivity index (χ2n) is 17.5. The maximum Gasteiger partial charge on any atom is 0.0501 e. The van der Waals surface area contributed by atoms with E-state index in [0.29, 0.717) is 0 Å². The van der Waals surface area contributed by atoms with Crippen LogP contribution < -0.4 is 4.90 Å². The molecule has 0 bridgehead atoms. The number of nitrogens with zero attached hydrogens (tertiary/aromatic N) is 1. The maximum atomic E-state index is 2.53. The summed E-state index contributed by atoms with van der Waals surface area (Å²) in [6, 6.07) is 79.9. The third-order valence-corrected chi connectivity index (χ3v) is 15.5. The molecule has 0 aliphatic heterocycles. The molecule has 0 saturated heterocycles. The molecule has 0 saturated carbocycles. The van der Waals surface area contributed by atoms with Crippen LogP contribution in [0.1, 0.15) is 46.2 Å². The van der Waals surface area contributed by atoms with Gasteiger partial charge in [-0.25, -0.2) is 0 Å². The third-order valence-electron chi connectivity index (χ3n) is 14.4. The Morgan fingerprint density at radius 3 is 1.42 bits per heavy atom. The molecule has 0 fully saturated rings. The molecule has 2 heteroatoms. The lowest BCUT2D eigenvalue weighted by Crippen LogP contribution is -2.35. The second-order valence-corrected chi connectivity index (χ2v) is 18.6. The molecule has 1 atom stereocenters. The van der Waals surface area contributed by atoms with Crippen molar-refractivity contribution in [1.29, 1.82) is 0 Å². The highest BCUT2D eigenvalue weighted by Crippen LogP contribution is 2.61. The fourth-order valence-electron chi connectivity index (χ4n) is 11.7. The molecule has 3 aliphatic carbocycles. The van der Waals surface area contributed by atoms with Gasteiger partial charge in [0.05, 0.1) is 10.8 Å². The topological polar surface area (TPSA) is 3.24 Å². The second kappa shape index (κ2) is 14.5. The first kappa shape index (κ1) is 37.1. The Labute approximate surface area is 378 Å². The van der Waals surface area contributed by atoms with Crippen molar-refractivity contribution < 1.29 is 0 Å². The zero-order valence-electron chi connectivity index (χ0n) is 35.3. The summed E-state index contributed by atoms with van der Waals surface area (Å²) in [5.41, 5.74) is 18.5. The van der Waals surface area contributed by atoms with Gasteiger partial charge >= 0.3 is 0 Å². The molecule has 0 amide bonds. The van der Waals surface area contributed by atoms with Crippen LogP contribution in [0.15, 0.2) is 237 Å². The smallest absolute Gasteiger partial charge is 0.0501 e. The minimum Gasteiger partial charge on any atom is -0.310 e. The van der Waals surface area contributed by atoms with Crippen LogP contribution in [0.2, 0.25) is 0 Å². The van der Waals surface area contributed by atoms with Gasteiger partial charge in [-0.3, -0.25) is 0 Å². The summed E-state index contributed by atoms with van der Waals surface area (Å²) in [5, 5.41) is 2.61. The summed E-state index contributed by atoms with van der Waals surface area (Å²) in [5.74, 6) is 0. The SMILES string of the molecule is C1=CCC2(c3ccccc3-c3ccccc32)c2ccccc2C2(CC=C1)c1ccccc1-c1ccc(N(c3ccc(-c4ccccc4)cc3)c3ccc4c(c3)sc3ccccc34)cc12. The van der Waals surface area contributed by atoms with E-state index in [1.807, 2.05) is 11.3 Å². The first-order valence-electron chi connectivity index (χ1n) is 22.4. The molecule has 13 rings (SSSR count). The van der Waals surface area contributed by atoms with Crippen LogP contribution in [0.4, 0.5) is 17.1 Å². The largest absolute Gasteiger partial charge is 0.310 e. The van der Waals surface area contributed by atoms with E-state index in [1.54, 1.807) is 0 Å². The highest BCUT2D eigenvalue weighted by molar-refractivity contribution is 7.25. The summed E-state index contributed by atoms with van der Waals surface area (Å²) in [6.45, 7) is 0. The van der Waals surface area contributed by atoms with Crippen molar-refractivity contribution in [2.45, 2.75) is 23.7 Å². The van der Waals surface area contributed by atoms with E-state index in [-0.39, 0.29) is 5.41 Å². The first-order chi connectivity index (χ1) is 31.7. The Kier molecular flexibility index (Phi) is 8.41. The van der Waals surface area contributed by atoms with Gasteiger partial charge in [-0.05, 0) is 122 Å². The molecule has 1 aromatic heterocycles. The highest BCUT2D eigenvalue weighted by atomic mass is 32.1. The van der Waals surface area contributed by atoms with E-state index in [1.165, 1.54) is 86.9 Å². The van der Waals surface area contributed by atoms with Crippen molar-refractivity contribution in [1.82, 2.24) is 0 Å². The summed E-state index contributed by atoms with van der Waals surface area (Å²) < 4.78 is 2.60. The van der Waals surface area contributed by atoms with Crippen molar-refractivity contribution in [3.63, 3.8) is 0 Å². The minimum absolute atomic E-state index is 0.375. The van der Waals surface area contributed by atoms with Gasteiger partial charge in [-0.1, -0.05) is 194 Å². The van der Waals surface area contributed by atoms with Crippen LogP contribution >= 0.6 is 11.3 Å². The number of benzene rings is 9. The molecule has 10 aromatic rings. The van der Waals surface area contributed by atoms with Crippen molar-refractivity contribution in [2.24, 2.45) is 0 Å². The number of thiophene rings is 1. The van der Waals surface area contributed by atoms with E-state index >= 15 is 0 Å². The zero-order chi connectivity index (χ0) is 42.2. The van der Waals surface area contributed by atoms with Crippen LogP contribution in [0.3, 0.4) is 0 Å². The molecule has 302 valence electrons. The van der Waals surface area contributed by atoms with E-state index in [9.17, 15) is 0 Å². The zero-order valence-corrected chi connectivity index (χ0v) is 36.1. The monoisotopic (exact) mass is 833 g/mol. The fourth-order valence-corrected chi connectivity index (χ4v) is 12.8. The number of fused-ring (bicyclic) bond motifs is 16. The summed E-state index contributed by atoms with van der Waals surface area (Å²) >= 11 is 1.87. The van der Waals surface area contributed by atoms with Gasteiger partial charge in [-0.2, -0.15) is 0 Å². The lowest BCUT2D eigenvalue weighted by molar-refractivity contribution is 0.584. The average molecular weight is 834 g/mol. The molecule has 1 unspecified atom stereocenters. The molecular formula is C62H43NS. The lowest BCUT2D eigenvalue weighted by atomic mass is 9.61. The van der Waals surface area contributed by atoms with Gasteiger partial charge in [0, 0.05) is 37.2 Å². The molecule has 1 nitrogen and oxygen atoms in total. The van der Waals surface area contributed by atoms with E-state index < -0.39 is 5.41 Å².